The molecule has 110 valence electrons. The number of hydrogen-bond donors (Lipinski definition) is 1. The molecule has 0 radical (unpaired) electrons. The van der Waals surface area contributed by atoms with Gasteiger partial charge < -0.3 is 5.11 Å². The normalized spacial score (nSPS) is 31.6. The summed E-state index contributed by atoms with van der Waals surface area (Å²) >= 11 is 7.10. The quantitative estimate of drug-likeness (QED) is 0.658. The van der Waals surface area contributed by atoms with Crippen molar-refractivity contribution in [3.05, 3.63) is 32.7 Å². The van der Waals surface area contributed by atoms with Gasteiger partial charge in [0, 0.05) is 8.95 Å². The number of benzene rings is 1. The summed E-state index contributed by atoms with van der Waals surface area (Å²) < 4.78 is 2.07. The number of aliphatic hydroxyl groups excluding tert-OH is 1. The second-order valence-electron chi connectivity index (χ2n) is 6.49. The third-order valence-electron chi connectivity index (χ3n) is 5.30. The molecule has 20 heavy (non-hydrogen) atoms. The summed E-state index contributed by atoms with van der Waals surface area (Å²) in [4.78, 5) is 0. The van der Waals surface area contributed by atoms with Gasteiger partial charge in [0.25, 0.3) is 0 Å². The number of rotatable bonds is 2. The van der Waals surface area contributed by atoms with Crippen molar-refractivity contribution in [1.82, 2.24) is 0 Å². The fourth-order valence-electron chi connectivity index (χ4n) is 4.19. The molecule has 1 nitrogen and oxygen atoms in total. The minimum absolute atomic E-state index is 0.329. The third-order valence-corrected chi connectivity index (χ3v) is 6.52. The highest BCUT2D eigenvalue weighted by molar-refractivity contribution is 9.11. The summed E-state index contributed by atoms with van der Waals surface area (Å²) in [5, 5.41) is 10.8. The van der Waals surface area contributed by atoms with Crippen LogP contribution in [0.4, 0.5) is 0 Å². The SMILES string of the molecule is OC(c1cc(Br)ccc1Br)C1CCC2CCCCC2C1. The summed E-state index contributed by atoms with van der Waals surface area (Å²) in [6, 6.07) is 6.09. The van der Waals surface area contributed by atoms with Gasteiger partial charge >= 0.3 is 0 Å². The lowest BCUT2D eigenvalue weighted by Crippen LogP contribution is -2.30. The first-order chi connectivity index (χ1) is 9.65. The molecule has 2 fully saturated rings. The molecule has 0 aliphatic heterocycles. The van der Waals surface area contributed by atoms with Crippen molar-refractivity contribution in [3.8, 4) is 0 Å². The first-order valence-electron chi connectivity index (χ1n) is 7.78. The minimum atomic E-state index is -0.329. The van der Waals surface area contributed by atoms with Gasteiger partial charge in [0.1, 0.15) is 0 Å². The monoisotopic (exact) mass is 400 g/mol. The fourth-order valence-corrected chi connectivity index (χ4v) is 5.05. The number of halogens is 2. The third kappa shape index (κ3) is 3.15. The lowest BCUT2D eigenvalue weighted by molar-refractivity contribution is 0.0345. The first kappa shape index (κ1) is 15.1. The maximum absolute atomic E-state index is 10.8. The van der Waals surface area contributed by atoms with Crippen LogP contribution in [-0.4, -0.2) is 5.11 Å². The van der Waals surface area contributed by atoms with Gasteiger partial charge in [-0.2, -0.15) is 0 Å². The Labute approximate surface area is 138 Å². The Morgan fingerprint density at radius 2 is 1.75 bits per heavy atom. The van der Waals surface area contributed by atoms with Crippen molar-refractivity contribution in [1.29, 1.82) is 0 Å². The van der Waals surface area contributed by atoms with E-state index in [1.54, 1.807) is 0 Å². The summed E-state index contributed by atoms with van der Waals surface area (Å²) in [5.74, 6) is 2.24. The molecular weight excluding hydrogens is 380 g/mol. The second-order valence-corrected chi connectivity index (χ2v) is 8.26. The molecule has 2 saturated carbocycles. The lowest BCUT2D eigenvalue weighted by atomic mass is 9.66. The zero-order chi connectivity index (χ0) is 14.1. The Kier molecular flexibility index (Phi) is 4.89. The zero-order valence-electron chi connectivity index (χ0n) is 11.7. The number of fused-ring (bicyclic) bond motifs is 1. The predicted octanol–water partition coefficient (Wildman–Crippen LogP) is 5.85. The highest BCUT2D eigenvalue weighted by atomic mass is 79.9. The van der Waals surface area contributed by atoms with E-state index in [1.165, 1.54) is 44.9 Å². The number of aliphatic hydroxyl groups is 1. The Morgan fingerprint density at radius 3 is 2.55 bits per heavy atom. The van der Waals surface area contributed by atoms with Crippen molar-refractivity contribution in [2.75, 3.05) is 0 Å². The Balaban J connectivity index is 1.74. The molecule has 1 aromatic carbocycles. The van der Waals surface area contributed by atoms with Gasteiger partial charge in [0.2, 0.25) is 0 Å². The summed E-state index contributed by atoms with van der Waals surface area (Å²) in [7, 11) is 0. The highest BCUT2D eigenvalue weighted by Gasteiger charge is 2.35. The molecular formula is C17H22Br2O. The van der Waals surface area contributed by atoms with E-state index in [1.807, 2.05) is 12.1 Å². The largest absolute Gasteiger partial charge is 0.388 e. The van der Waals surface area contributed by atoms with Gasteiger partial charge in [-0.25, -0.2) is 0 Å². The average molecular weight is 402 g/mol. The molecule has 0 bridgehead atoms. The van der Waals surface area contributed by atoms with E-state index in [2.05, 4.69) is 37.9 Å². The van der Waals surface area contributed by atoms with Crippen molar-refractivity contribution in [2.24, 2.45) is 17.8 Å². The van der Waals surface area contributed by atoms with Gasteiger partial charge in [-0.05, 0) is 60.8 Å². The van der Waals surface area contributed by atoms with Gasteiger partial charge in [-0.15, -0.1) is 0 Å². The van der Waals surface area contributed by atoms with E-state index in [4.69, 9.17) is 0 Å². The molecule has 0 saturated heterocycles. The van der Waals surface area contributed by atoms with Crippen LogP contribution in [-0.2, 0) is 0 Å². The van der Waals surface area contributed by atoms with Crippen LogP contribution >= 0.6 is 31.9 Å². The smallest absolute Gasteiger partial charge is 0.0829 e. The fraction of sp³-hybridized carbons (Fsp3) is 0.647. The summed E-state index contributed by atoms with van der Waals surface area (Å²) in [5.41, 5.74) is 1.04. The molecule has 3 rings (SSSR count). The standard InChI is InChI=1S/C17H22Br2O/c18-14-7-8-16(19)15(10-14)17(20)13-6-5-11-3-1-2-4-12(11)9-13/h7-8,10-13,17,20H,1-6,9H2. The molecule has 4 unspecified atom stereocenters. The second kappa shape index (κ2) is 6.50. The van der Waals surface area contributed by atoms with Crippen LogP contribution in [0.1, 0.15) is 56.6 Å². The van der Waals surface area contributed by atoms with Gasteiger partial charge in [0.15, 0.2) is 0 Å². The van der Waals surface area contributed by atoms with Crippen molar-refractivity contribution in [3.63, 3.8) is 0 Å². The molecule has 0 spiro atoms. The maximum atomic E-state index is 10.8. The number of hydrogen-bond acceptors (Lipinski definition) is 1. The van der Waals surface area contributed by atoms with Crippen molar-refractivity contribution in [2.45, 2.75) is 51.0 Å². The van der Waals surface area contributed by atoms with Gasteiger partial charge in [-0.3, -0.25) is 0 Å². The van der Waals surface area contributed by atoms with E-state index in [0.29, 0.717) is 5.92 Å². The van der Waals surface area contributed by atoms with E-state index < -0.39 is 0 Å². The van der Waals surface area contributed by atoms with E-state index >= 15 is 0 Å². The van der Waals surface area contributed by atoms with E-state index in [0.717, 1.165) is 26.3 Å². The Morgan fingerprint density at radius 1 is 1.00 bits per heavy atom. The Hall–Kier alpha value is 0.140. The summed E-state index contributed by atoms with van der Waals surface area (Å²) in [6.45, 7) is 0. The summed E-state index contributed by atoms with van der Waals surface area (Å²) in [6.07, 6.45) is 9.01. The minimum Gasteiger partial charge on any atom is -0.388 e. The van der Waals surface area contributed by atoms with Crippen molar-refractivity contribution >= 4 is 31.9 Å². The molecule has 1 aromatic rings. The lowest BCUT2D eigenvalue weighted by Gasteiger charge is -2.41. The molecule has 0 amide bonds. The molecule has 2 aliphatic rings. The van der Waals surface area contributed by atoms with Crippen LogP contribution in [0.3, 0.4) is 0 Å². The maximum Gasteiger partial charge on any atom is 0.0829 e. The molecule has 3 heteroatoms. The molecule has 4 atom stereocenters. The first-order valence-corrected chi connectivity index (χ1v) is 9.37. The van der Waals surface area contributed by atoms with Crippen LogP contribution in [0.25, 0.3) is 0 Å². The van der Waals surface area contributed by atoms with Crippen LogP contribution in [0, 0.1) is 17.8 Å². The molecule has 0 aromatic heterocycles. The van der Waals surface area contributed by atoms with Gasteiger partial charge in [-0.1, -0.05) is 57.5 Å². The van der Waals surface area contributed by atoms with E-state index in [9.17, 15) is 5.11 Å². The van der Waals surface area contributed by atoms with Gasteiger partial charge in [0.05, 0.1) is 6.10 Å². The average Bonchev–Trinajstić information content (AvgIpc) is 2.48. The van der Waals surface area contributed by atoms with Crippen LogP contribution in [0.2, 0.25) is 0 Å². The molecule has 2 aliphatic carbocycles. The van der Waals surface area contributed by atoms with Crippen LogP contribution < -0.4 is 0 Å². The molecule has 0 heterocycles. The molecule has 1 N–H and O–H groups in total. The highest BCUT2D eigenvalue weighted by Crippen LogP contribution is 2.47. The zero-order valence-corrected chi connectivity index (χ0v) is 14.9. The predicted molar refractivity (Wildman–Crippen MR) is 89.6 cm³/mol. The Bertz CT molecular complexity index is 474. The topological polar surface area (TPSA) is 20.2 Å². The van der Waals surface area contributed by atoms with Crippen molar-refractivity contribution < 1.29 is 5.11 Å². The van der Waals surface area contributed by atoms with Crippen LogP contribution in [0.5, 0.6) is 0 Å². The van der Waals surface area contributed by atoms with E-state index in [-0.39, 0.29) is 6.10 Å². The van der Waals surface area contributed by atoms with Crippen LogP contribution in [0.15, 0.2) is 27.1 Å².